The molecule has 13 nitrogen and oxygen atoms in total. The number of aliphatic hydroxyl groups excluding tert-OH is 4. The second-order valence-corrected chi connectivity index (χ2v) is 7.38. The summed E-state index contributed by atoms with van der Waals surface area (Å²) in [6.45, 7) is 0.128. The van der Waals surface area contributed by atoms with Crippen molar-refractivity contribution in [1.29, 1.82) is 0 Å². The highest BCUT2D eigenvalue weighted by molar-refractivity contribution is 5.77. The molecule has 3 fully saturated rings. The summed E-state index contributed by atoms with van der Waals surface area (Å²) in [5.41, 5.74) is 0. The highest BCUT2D eigenvalue weighted by Crippen LogP contribution is 2.31. The molecule has 3 aliphatic rings. The van der Waals surface area contributed by atoms with Crippen LogP contribution in [-0.4, -0.2) is 120 Å². The minimum atomic E-state index is -1.54. The maximum absolute atomic E-state index is 12.1. The van der Waals surface area contributed by atoms with Gasteiger partial charge in [-0.1, -0.05) is 0 Å². The van der Waals surface area contributed by atoms with Crippen LogP contribution in [0.15, 0.2) is 0 Å². The van der Waals surface area contributed by atoms with E-state index < -0.39 is 86.4 Å². The molecule has 3 aliphatic heterocycles. The van der Waals surface area contributed by atoms with E-state index in [0.29, 0.717) is 0 Å². The molecule has 0 bridgehead atoms. The Hall–Kier alpha value is -1.42. The fourth-order valence-corrected chi connectivity index (χ4v) is 3.78. The van der Waals surface area contributed by atoms with Gasteiger partial charge in [-0.2, -0.15) is 0 Å². The summed E-state index contributed by atoms with van der Waals surface area (Å²) in [4.78, 5) is 23.7. The van der Waals surface area contributed by atoms with Crippen LogP contribution in [0.3, 0.4) is 0 Å². The van der Waals surface area contributed by atoms with Crippen LogP contribution >= 0.6 is 0 Å². The summed E-state index contributed by atoms with van der Waals surface area (Å²) in [6.07, 6.45) is -11.3. The first-order valence-corrected chi connectivity index (χ1v) is 9.56. The first kappa shape index (κ1) is 23.2. The molecule has 10 atom stereocenters. The lowest BCUT2D eigenvalue weighted by Gasteiger charge is -2.48. The summed E-state index contributed by atoms with van der Waals surface area (Å²) < 4.78 is 27.8. The highest BCUT2D eigenvalue weighted by atomic mass is 16.7. The largest absolute Gasteiger partial charge is 0.394 e. The van der Waals surface area contributed by atoms with Crippen molar-refractivity contribution in [2.75, 3.05) is 26.9 Å². The van der Waals surface area contributed by atoms with Crippen LogP contribution in [0.4, 0.5) is 0 Å². The summed E-state index contributed by atoms with van der Waals surface area (Å²) in [5, 5.41) is 46.0. The smallest absolute Gasteiger partial charge is 0.246 e. The van der Waals surface area contributed by atoms with Crippen molar-refractivity contribution in [1.82, 2.24) is 10.6 Å². The fraction of sp³-hybridized carbons (Fsp3) is 0.882. The monoisotopic (exact) mass is 436 g/mol. The molecular weight excluding hydrogens is 408 g/mol. The van der Waals surface area contributed by atoms with Gasteiger partial charge in [-0.25, -0.2) is 0 Å². The number of aliphatic hydroxyl groups is 4. The van der Waals surface area contributed by atoms with E-state index in [9.17, 15) is 30.0 Å². The molecule has 172 valence electrons. The third-order valence-corrected chi connectivity index (χ3v) is 5.30. The van der Waals surface area contributed by atoms with Crippen molar-refractivity contribution >= 4 is 11.8 Å². The standard InChI is InChI=1S/C17H28N2O11/c1-6(21)19-10-12(24)14-7(28-16(10)26-2)3-18-9(22)5-27-15-13(25)11(23)8(4-20)29-17(15)30-14/h7-8,10-17,20,23-25H,3-5H2,1-2H3,(H,18,22)(H,19,21)/t7-,8-,10-,11+,12-,13+,14-,15-,16-,17+/m1/s1. The molecule has 0 spiro atoms. The maximum Gasteiger partial charge on any atom is 0.246 e. The van der Waals surface area contributed by atoms with Crippen LogP contribution in [0.2, 0.25) is 0 Å². The van der Waals surface area contributed by atoms with Gasteiger partial charge in [-0.05, 0) is 0 Å². The van der Waals surface area contributed by atoms with Crippen LogP contribution < -0.4 is 10.6 Å². The lowest BCUT2D eigenvalue weighted by molar-refractivity contribution is -0.349. The van der Waals surface area contributed by atoms with Gasteiger partial charge < -0.3 is 54.7 Å². The summed E-state index contributed by atoms with van der Waals surface area (Å²) in [7, 11) is 1.34. The number of nitrogens with one attached hydrogen (secondary N) is 2. The predicted octanol–water partition coefficient (Wildman–Crippen LogP) is -4.44. The minimum absolute atomic E-state index is 0.0669. The van der Waals surface area contributed by atoms with Crippen molar-refractivity contribution in [2.45, 2.75) is 68.3 Å². The Bertz CT molecular complexity index is 621. The zero-order valence-electron chi connectivity index (χ0n) is 16.5. The average molecular weight is 436 g/mol. The van der Waals surface area contributed by atoms with Crippen molar-refractivity contribution in [3.05, 3.63) is 0 Å². The van der Waals surface area contributed by atoms with Crippen LogP contribution in [0.5, 0.6) is 0 Å². The molecule has 0 aromatic carbocycles. The van der Waals surface area contributed by atoms with Crippen LogP contribution in [0, 0.1) is 0 Å². The molecule has 3 rings (SSSR count). The first-order valence-electron chi connectivity index (χ1n) is 9.56. The molecule has 3 heterocycles. The van der Waals surface area contributed by atoms with Gasteiger partial charge in [0.15, 0.2) is 12.6 Å². The molecule has 30 heavy (non-hydrogen) atoms. The molecule has 0 saturated carbocycles. The number of rotatable bonds is 3. The molecule has 6 N–H and O–H groups in total. The molecule has 0 aliphatic carbocycles. The van der Waals surface area contributed by atoms with Gasteiger partial charge >= 0.3 is 0 Å². The van der Waals surface area contributed by atoms with E-state index in [0.717, 1.165) is 0 Å². The average Bonchev–Trinajstić information content (AvgIpc) is 2.71. The summed E-state index contributed by atoms with van der Waals surface area (Å²) in [6, 6.07) is -1.00. The summed E-state index contributed by atoms with van der Waals surface area (Å²) in [5.74, 6) is -0.971. The Morgan fingerprint density at radius 1 is 1.17 bits per heavy atom. The topological polar surface area (TPSA) is 185 Å². The Balaban J connectivity index is 1.89. The van der Waals surface area contributed by atoms with E-state index in [4.69, 9.17) is 23.7 Å². The second kappa shape index (κ2) is 9.80. The van der Waals surface area contributed by atoms with E-state index >= 15 is 0 Å². The normalized spacial score (nSPS) is 44.9. The highest BCUT2D eigenvalue weighted by Gasteiger charge is 2.52. The molecule has 0 radical (unpaired) electrons. The molecule has 13 heteroatoms. The number of amides is 2. The van der Waals surface area contributed by atoms with Gasteiger partial charge in [-0.3, -0.25) is 9.59 Å². The third kappa shape index (κ3) is 4.74. The van der Waals surface area contributed by atoms with Crippen LogP contribution in [0.1, 0.15) is 6.92 Å². The molecule has 0 aromatic rings. The molecule has 2 amide bonds. The van der Waals surface area contributed by atoms with E-state index in [1.807, 2.05) is 0 Å². The zero-order valence-corrected chi connectivity index (χ0v) is 16.5. The van der Waals surface area contributed by atoms with Crippen molar-refractivity contribution in [3.63, 3.8) is 0 Å². The number of methoxy groups -OCH3 is 1. The lowest BCUT2D eigenvalue weighted by atomic mass is 9.95. The third-order valence-electron chi connectivity index (χ3n) is 5.30. The van der Waals surface area contributed by atoms with E-state index in [1.54, 1.807) is 0 Å². The van der Waals surface area contributed by atoms with E-state index in [1.165, 1.54) is 14.0 Å². The number of hydrogen-bond acceptors (Lipinski definition) is 11. The Morgan fingerprint density at radius 3 is 2.53 bits per heavy atom. The Kier molecular flexibility index (Phi) is 7.60. The molecule has 3 saturated heterocycles. The van der Waals surface area contributed by atoms with Crippen LogP contribution in [-0.2, 0) is 33.3 Å². The lowest BCUT2D eigenvalue weighted by Crippen LogP contribution is -2.69. The van der Waals surface area contributed by atoms with Gasteiger partial charge in [-0.15, -0.1) is 0 Å². The second-order valence-electron chi connectivity index (χ2n) is 7.38. The molecule has 0 aromatic heterocycles. The van der Waals surface area contributed by atoms with E-state index in [-0.39, 0.29) is 6.54 Å². The van der Waals surface area contributed by atoms with Gasteiger partial charge in [0.2, 0.25) is 11.8 Å². The first-order chi connectivity index (χ1) is 14.3. The predicted molar refractivity (Wildman–Crippen MR) is 94.7 cm³/mol. The van der Waals surface area contributed by atoms with Crippen molar-refractivity contribution < 1.29 is 53.7 Å². The van der Waals surface area contributed by atoms with Gasteiger partial charge in [0.25, 0.3) is 0 Å². The van der Waals surface area contributed by atoms with Crippen LogP contribution in [0.25, 0.3) is 0 Å². The van der Waals surface area contributed by atoms with Crippen molar-refractivity contribution in [3.8, 4) is 0 Å². The minimum Gasteiger partial charge on any atom is -0.394 e. The maximum atomic E-state index is 12.1. The quantitative estimate of drug-likeness (QED) is 0.251. The van der Waals surface area contributed by atoms with Gasteiger partial charge in [0, 0.05) is 20.6 Å². The van der Waals surface area contributed by atoms with Gasteiger partial charge in [0.1, 0.15) is 55.4 Å². The fourth-order valence-electron chi connectivity index (χ4n) is 3.78. The number of fused-ring (bicyclic) bond motifs is 2. The number of carbonyl (C=O) groups excluding carboxylic acids is 2. The Morgan fingerprint density at radius 2 is 1.90 bits per heavy atom. The SMILES string of the molecule is CO[C@@H]1O[C@@H]2CNC(=O)CO[C@H]3[C@H](O[C@H]2[C@H](O)[C@H]1NC(C)=O)O[C@H](CO)[C@H](O)[C@@H]3O. The number of hydrogen-bond donors (Lipinski definition) is 6. The Labute approximate surface area is 172 Å². The molecule has 0 unspecified atom stereocenters. The zero-order chi connectivity index (χ0) is 22.0. The summed E-state index contributed by atoms with van der Waals surface area (Å²) >= 11 is 0. The van der Waals surface area contributed by atoms with Gasteiger partial charge in [0.05, 0.1) is 6.61 Å². The van der Waals surface area contributed by atoms with E-state index in [2.05, 4.69) is 10.6 Å². The molecular formula is C17H28N2O11. The number of carbonyl (C=O) groups is 2. The van der Waals surface area contributed by atoms with Crippen molar-refractivity contribution in [2.24, 2.45) is 0 Å². The number of ether oxygens (including phenoxy) is 5.